The first kappa shape index (κ1) is 12.8. The number of anilines is 1. The highest BCUT2D eigenvalue weighted by Crippen LogP contribution is 2.32. The first-order valence-corrected chi connectivity index (χ1v) is 6.48. The molecule has 0 spiro atoms. The van der Waals surface area contributed by atoms with Gasteiger partial charge in [-0.05, 0) is 34.1 Å². The summed E-state index contributed by atoms with van der Waals surface area (Å²) in [5, 5.41) is 2.83. The van der Waals surface area contributed by atoms with Gasteiger partial charge in [-0.3, -0.25) is 0 Å². The van der Waals surface area contributed by atoms with Gasteiger partial charge >= 0.3 is 0 Å². The quantitative estimate of drug-likeness (QED) is 0.768. The molecule has 102 valence electrons. The van der Waals surface area contributed by atoms with Crippen LogP contribution in [0.25, 0.3) is 11.2 Å². The third-order valence-corrected chi connectivity index (χ3v) is 3.20. The van der Waals surface area contributed by atoms with Crippen LogP contribution in [0, 0.1) is 5.82 Å². The third-order valence-electron chi connectivity index (χ3n) is 2.58. The van der Waals surface area contributed by atoms with Gasteiger partial charge in [-0.25, -0.2) is 9.37 Å². The molecule has 0 bridgehead atoms. The molecule has 20 heavy (non-hydrogen) atoms. The van der Waals surface area contributed by atoms with Gasteiger partial charge in [-0.2, -0.15) is 9.97 Å². The second-order valence-corrected chi connectivity index (χ2v) is 4.73. The van der Waals surface area contributed by atoms with Crippen LogP contribution in [0.5, 0.6) is 11.6 Å². The molecular weight excluding hydrogens is 329 g/mol. The molecule has 8 heteroatoms. The first-order chi connectivity index (χ1) is 9.67. The van der Waals surface area contributed by atoms with E-state index in [2.05, 4.69) is 41.2 Å². The maximum atomic E-state index is 13.1. The normalized spacial score (nSPS) is 10.8. The molecule has 0 aliphatic heterocycles. The Hall–Kier alpha value is -2.22. The monoisotopic (exact) mass is 337 g/mol. The zero-order valence-electron chi connectivity index (χ0n) is 10.3. The molecule has 0 aliphatic rings. The van der Waals surface area contributed by atoms with Gasteiger partial charge in [0.15, 0.2) is 5.65 Å². The number of nitrogens with one attached hydrogen (secondary N) is 2. The van der Waals surface area contributed by atoms with Crippen LogP contribution in [0.15, 0.2) is 29.0 Å². The molecule has 3 aromatic rings. The molecule has 6 nitrogen and oxygen atoms in total. The van der Waals surface area contributed by atoms with E-state index in [1.54, 1.807) is 7.05 Å². The maximum absolute atomic E-state index is 13.1. The van der Waals surface area contributed by atoms with Crippen molar-refractivity contribution in [1.82, 2.24) is 19.9 Å². The van der Waals surface area contributed by atoms with Crippen LogP contribution >= 0.6 is 15.9 Å². The SMILES string of the molecule is CNc1nc(Oc2ccc(F)cc2Br)c2[nH]cnc2n1. The molecule has 0 saturated carbocycles. The first-order valence-electron chi connectivity index (χ1n) is 5.69. The predicted molar refractivity (Wildman–Crippen MR) is 75.4 cm³/mol. The van der Waals surface area contributed by atoms with Gasteiger partial charge in [0.25, 0.3) is 5.88 Å². The fourth-order valence-corrected chi connectivity index (χ4v) is 2.09. The summed E-state index contributed by atoms with van der Waals surface area (Å²) in [6.45, 7) is 0. The zero-order chi connectivity index (χ0) is 14.1. The van der Waals surface area contributed by atoms with Gasteiger partial charge in [0.2, 0.25) is 5.95 Å². The number of halogens is 2. The number of H-pyrrole nitrogens is 1. The van der Waals surface area contributed by atoms with Gasteiger partial charge < -0.3 is 15.0 Å². The van der Waals surface area contributed by atoms with Crippen molar-refractivity contribution in [3.8, 4) is 11.6 Å². The van der Waals surface area contributed by atoms with Crippen molar-refractivity contribution in [2.45, 2.75) is 0 Å². The van der Waals surface area contributed by atoms with Crippen LogP contribution < -0.4 is 10.1 Å². The second kappa shape index (κ2) is 5.04. The fraction of sp³-hybridized carbons (Fsp3) is 0.0833. The zero-order valence-corrected chi connectivity index (χ0v) is 11.9. The Balaban J connectivity index is 2.07. The maximum Gasteiger partial charge on any atom is 0.250 e. The molecule has 0 atom stereocenters. The van der Waals surface area contributed by atoms with E-state index in [-0.39, 0.29) is 5.82 Å². The van der Waals surface area contributed by atoms with Gasteiger partial charge in [0, 0.05) is 7.05 Å². The van der Waals surface area contributed by atoms with E-state index in [1.165, 1.54) is 24.5 Å². The van der Waals surface area contributed by atoms with Gasteiger partial charge in [-0.15, -0.1) is 0 Å². The lowest BCUT2D eigenvalue weighted by atomic mass is 10.3. The van der Waals surface area contributed by atoms with Gasteiger partial charge in [0.05, 0.1) is 10.8 Å². The Labute approximate surface area is 121 Å². The van der Waals surface area contributed by atoms with E-state index in [9.17, 15) is 4.39 Å². The molecule has 2 aromatic heterocycles. The number of aromatic amines is 1. The van der Waals surface area contributed by atoms with Crippen molar-refractivity contribution in [2.75, 3.05) is 12.4 Å². The van der Waals surface area contributed by atoms with Crippen molar-refractivity contribution in [3.05, 3.63) is 34.8 Å². The molecule has 0 aliphatic carbocycles. The number of rotatable bonds is 3. The number of imidazole rings is 1. The minimum atomic E-state index is -0.352. The van der Waals surface area contributed by atoms with Crippen LogP contribution in [0.3, 0.4) is 0 Å². The lowest BCUT2D eigenvalue weighted by Gasteiger charge is -2.08. The number of nitrogens with zero attached hydrogens (tertiary/aromatic N) is 3. The minimum Gasteiger partial charge on any atom is -0.436 e. The average molecular weight is 338 g/mol. The summed E-state index contributed by atoms with van der Waals surface area (Å²) < 4.78 is 19.3. The van der Waals surface area contributed by atoms with Crippen molar-refractivity contribution < 1.29 is 9.13 Å². The summed E-state index contributed by atoms with van der Waals surface area (Å²) in [4.78, 5) is 15.4. The largest absolute Gasteiger partial charge is 0.436 e. The number of aromatic nitrogens is 4. The van der Waals surface area contributed by atoms with Crippen LogP contribution in [0.4, 0.5) is 10.3 Å². The summed E-state index contributed by atoms with van der Waals surface area (Å²) >= 11 is 3.25. The third kappa shape index (κ3) is 2.29. The van der Waals surface area contributed by atoms with Crippen LogP contribution in [0.1, 0.15) is 0 Å². The molecule has 0 amide bonds. The van der Waals surface area contributed by atoms with Crippen molar-refractivity contribution in [1.29, 1.82) is 0 Å². The summed E-state index contributed by atoms with van der Waals surface area (Å²) in [5.41, 5.74) is 1.05. The molecule has 0 saturated heterocycles. The highest BCUT2D eigenvalue weighted by Gasteiger charge is 2.13. The number of fused-ring (bicyclic) bond motifs is 1. The number of hydrogen-bond acceptors (Lipinski definition) is 5. The van der Waals surface area contributed by atoms with E-state index in [4.69, 9.17) is 4.74 Å². The lowest BCUT2D eigenvalue weighted by Crippen LogP contribution is -1.99. The smallest absolute Gasteiger partial charge is 0.250 e. The van der Waals surface area contributed by atoms with E-state index in [0.717, 1.165) is 0 Å². The summed E-state index contributed by atoms with van der Waals surface area (Å²) in [5.74, 6) is 0.791. The predicted octanol–water partition coefficient (Wildman–Crippen LogP) is 3.09. The molecule has 0 radical (unpaired) electrons. The summed E-state index contributed by atoms with van der Waals surface area (Å²) in [6.07, 6.45) is 1.51. The van der Waals surface area contributed by atoms with Crippen LogP contribution in [-0.4, -0.2) is 27.0 Å². The molecule has 1 aromatic carbocycles. The van der Waals surface area contributed by atoms with E-state index in [1.807, 2.05) is 0 Å². The average Bonchev–Trinajstić information content (AvgIpc) is 2.90. The molecule has 3 rings (SSSR count). The molecule has 0 unspecified atom stereocenters. The van der Waals surface area contributed by atoms with Crippen LogP contribution in [0.2, 0.25) is 0 Å². The Morgan fingerprint density at radius 1 is 1.35 bits per heavy atom. The van der Waals surface area contributed by atoms with E-state index in [0.29, 0.717) is 33.2 Å². The highest BCUT2D eigenvalue weighted by molar-refractivity contribution is 9.10. The van der Waals surface area contributed by atoms with Crippen LogP contribution in [-0.2, 0) is 0 Å². The van der Waals surface area contributed by atoms with Crippen molar-refractivity contribution in [3.63, 3.8) is 0 Å². The Morgan fingerprint density at radius 2 is 2.20 bits per heavy atom. The van der Waals surface area contributed by atoms with Gasteiger partial charge in [0.1, 0.15) is 17.1 Å². The second-order valence-electron chi connectivity index (χ2n) is 3.88. The minimum absolute atomic E-state index is 0.309. The molecule has 2 heterocycles. The Bertz CT molecular complexity index is 776. The van der Waals surface area contributed by atoms with Gasteiger partial charge in [-0.1, -0.05) is 0 Å². The van der Waals surface area contributed by atoms with Crippen molar-refractivity contribution in [2.24, 2.45) is 0 Å². The molecule has 2 N–H and O–H groups in total. The standard InChI is InChI=1S/C12H9BrFN5O/c1-15-12-18-10-9(16-5-17-10)11(19-12)20-8-3-2-6(14)4-7(8)13/h2-5H,1H3,(H2,15,16,17,18,19). The van der Waals surface area contributed by atoms with Crippen molar-refractivity contribution >= 4 is 33.0 Å². The number of hydrogen-bond donors (Lipinski definition) is 2. The highest BCUT2D eigenvalue weighted by atomic mass is 79.9. The lowest BCUT2D eigenvalue weighted by molar-refractivity contribution is 0.463. The Morgan fingerprint density at radius 3 is 2.95 bits per heavy atom. The molecular formula is C12H9BrFN5O. The summed E-state index contributed by atoms with van der Waals surface area (Å²) in [6, 6.07) is 4.15. The summed E-state index contributed by atoms with van der Waals surface area (Å²) in [7, 11) is 1.70. The number of benzene rings is 1. The van der Waals surface area contributed by atoms with E-state index >= 15 is 0 Å². The molecule has 0 fully saturated rings. The number of ether oxygens (including phenoxy) is 1. The topological polar surface area (TPSA) is 75.7 Å². The fourth-order valence-electron chi connectivity index (χ4n) is 1.65. The van der Waals surface area contributed by atoms with E-state index < -0.39 is 0 Å². The Kier molecular flexibility index (Phi) is 3.23.